The first-order valence-corrected chi connectivity index (χ1v) is 8.03. The van der Waals surface area contributed by atoms with E-state index in [0.717, 1.165) is 19.1 Å². The molecule has 1 aromatic rings. The molecule has 0 aliphatic carbocycles. The Bertz CT molecular complexity index is 392. The second kappa shape index (κ2) is 6.84. The third-order valence-electron chi connectivity index (χ3n) is 4.10. The van der Waals surface area contributed by atoms with Crippen molar-refractivity contribution < 1.29 is 0 Å². The Balaban J connectivity index is 1.88. The van der Waals surface area contributed by atoms with Crippen molar-refractivity contribution in [2.45, 2.75) is 38.9 Å². The average molecular weight is 281 g/mol. The van der Waals surface area contributed by atoms with Crippen molar-refractivity contribution in [1.29, 1.82) is 0 Å². The lowest BCUT2D eigenvalue weighted by atomic mass is 10.0. The summed E-state index contributed by atoms with van der Waals surface area (Å²) in [4.78, 5) is 7.93. The molecule has 19 heavy (non-hydrogen) atoms. The Kier molecular flexibility index (Phi) is 5.39. The van der Waals surface area contributed by atoms with Crippen LogP contribution in [-0.2, 0) is 13.1 Å². The van der Waals surface area contributed by atoms with Crippen LogP contribution in [0.4, 0.5) is 0 Å². The van der Waals surface area contributed by atoms with Gasteiger partial charge >= 0.3 is 0 Å². The molecular formula is C15H27N3S. The molecule has 1 N–H and O–H groups in total. The fourth-order valence-electron chi connectivity index (χ4n) is 2.84. The van der Waals surface area contributed by atoms with Gasteiger partial charge in [-0.1, -0.05) is 0 Å². The van der Waals surface area contributed by atoms with E-state index in [2.05, 4.69) is 42.2 Å². The summed E-state index contributed by atoms with van der Waals surface area (Å²) in [6.45, 7) is 6.85. The highest BCUT2D eigenvalue weighted by Crippen LogP contribution is 2.24. The van der Waals surface area contributed by atoms with E-state index in [1.165, 1.54) is 41.2 Å². The fraction of sp³-hybridized carbons (Fsp3) is 0.733. The van der Waals surface area contributed by atoms with E-state index in [0.29, 0.717) is 0 Å². The van der Waals surface area contributed by atoms with Crippen molar-refractivity contribution in [2.75, 3.05) is 34.2 Å². The summed E-state index contributed by atoms with van der Waals surface area (Å²) in [5.74, 6) is 0. The largest absolute Gasteiger partial charge is 0.315 e. The van der Waals surface area contributed by atoms with Gasteiger partial charge in [0.15, 0.2) is 0 Å². The van der Waals surface area contributed by atoms with E-state index < -0.39 is 0 Å². The van der Waals surface area contributed by atoms with Crippen LogP contribution in [0.2, 0.25) is 0 Å². The van der Waals surface area contributed by atoms with Gasteiger partial charge in [-0.15, -0.1) is 11.3 Å². The molecule has 0 radical (unpaired) electrons. The average Bonchev–Trinajstić information content (AvgIpc) is 2.71. The van der Waals surface area contributed by atoms with Crippen LogP contribution in [0, 0.1) is 6.92 Å². The first kappa shape index (κ1) is 15.0. The number of hydrogen-bond donors (Lipinski definition) is 1. The summed E-state index contributed by atoms with van der Waals surface area (Å²) >= 11 is 1.94. The van der Waals surface area contributed by atoms with E-state index in [1.807, 2.05) is 18.4 Å². The van der Waals surface area contributed by atoms with E-state index in [-0.39, 0.29) is 0 Å². The van der Waals surface area contributed by atoms with Crippen molar-refractivity contribution in [1.82, 2.24) is 15.1 Å². The number of likely N-dealkylation sites (tertiary alicyclic amines) is 1. The Labute approximate surface area is 121 Å². The van der Waals surface area contributed by atoms with Crippen LogP contribution >= 0.6 is 11.3 Å². The molecule has 1 aromatic heterocycles. The Morgan fingerprint density at radius 1 is 1.37 bits per heavy atom. The van der Waals surface area contributed by atoms with Gasteiger partial charge in [0.2, 0.25) is 0 Å². The SMILES string of the molecule is CNCc1cc(CN2CCC(N(C)C)CC2)c(C)s1. The van der Waals surface area contributed by atoms with Gasteiger partial charge in [0.05, 0.1) is 0 Å². The molecule has 1 saturated heterocycles. The summed E-state index contributed by atoms with van der Waals surface area (Å²) < 4.78 is 0. The molecule has 108 valence electrons. The van der Waals surface area contributed by atoms with Crippen LogP contribution in [0.5, 0.6) is 0 Å². The van der Waals surface area contributed by atoms with Gasteiger partial charge in [-0.05, 0) is 65.6 Å². The van der Waals surface area contributed by atoms with Crippen LogP contribution in [0.15, 0.2) is 6.07 Å². The zero-order valence-corrected chi connectivity index (χ0v) is 13.5. The van der Waals surface area contributed by atoms with Crippen molar-refractivity contribution in [3.8, 4) is 0 Å². The van der Waals surface area contributed by atoms with E-state index in [4.69, 9.17) is 0 Å². The maximum atomic E-state index is 3.24. The van der Waals surface area contributed by atoms with Gasteiger partial charge in [0, 0.05) is 28.9 Å². The van der Waals surface area contributed by atoms with Crippen molar-refractivity contribution in [3.63, 3.8) is 0 Å². The highest BCUT2D eigenvalue weighted by molar-refractivity contribution is 7.12. The van der Waals surface area contributed by atoms with Crippen LogP contribution in [0.1, 0.15) is 28.2 Å². The molecule has 0 spiro atoms. The van der Waals surface area contributed by atoms with E-state index in [9.17, 15) is 0 Å². The molecule has 0 unspecified atom stereocenters. The molecule has 1 fully saturated rings. The molecule has 1 aliphatic heterocycles. The lowest BCUT2D eigenvalue weighted by Crippen LogP contribution is -2.41. The predicted octanol–water partition coefficient (Wildman–Crippen LogP) is 2.30. The van der Waals surface area contributed by atoms with Gasteiger partial charge in [0.1, 0.15) is 0 Å². The zero-order valence-electron chi connectivity index (χ0n) is 12.7. The van der Waals surface area contributed by atoms with Crippen LogP contribution in [0.3, 0.4) is 0 Å². The second-order valence-electron chi connectivity index (χ2n) is 5.80. The Hall–Kier alpha value is -0.420. The maximum Gasteiger partial charge on any atom is 0.0296 e. The smallest absolute Gasteiger partial charge is 0.0296 e. The molecule has 0 aromatic carbocycles. The highest BCUT2D eigenvalue weighted by Gasteiger charge is 2.21. The number of nitrogens with one attached hydrogen (secondary N) is 1. The van der Waals surface area contributed by atoms with Crippen molar-refractivity contribution in [3.05, 3.63) is 21.4 Å². The monoisotopic (exact) mass is 281 g/mol. The van der Waals surface area contributed by atoms with Crippen molar-refractivity contribution >= 4 is 11.3 Å². The molecule has 3 nitrogen and oxygen atoms in total. The number of thiophene rings is 1. The zero-order chi connectivity index (χ0) is 13.8. The molecule has 2 rings (SSSR count). The molecule has 0 atom stereocenters. The van der Waals surface area contributed by atoms with Crippen molar-refractivity contribution in [2.24, 2.45) is 0 Å². The molecule has 1 aliphatic rings. The van der Waals surface area contributed by atoms with Gasteiger partial charge in [0.25, 0.3) is 0 Å². The maximum absolute atomic E-state index is 3.24. The van der Waals surface area contributed by atoms with Crippen LogP contribution < -0.4 is 5.32 Å². The molecular weight excluding hydrogens is 254 g/mol. The first-order chi connectivity index (χ1) is 9.10. The Morgan fingerprint density at radius 2 is 2.05 bits per heavy atom. The third-order valence-corrected chi connectivity index (χ3v) is 5.20. The summed E-state index contributed by atoms with van der Waals surface area (Å²) in [6, 6.07) is 3.16. The highest BCUT2D eigenvalue weighted by atomic mass is 32.1. The summed E-state index contributed by atoms with van der Waals surface area (Å²) in [6.07, 6.45) is 2.61. The lowest BCUT2D eigenvalue weighted by molar-refractivity contribution is 0.140. The van der Waals surface area contributed by atoms with Gasteiger partial charge < -0.3 is 10.2 Å². The van der Waals surface area contributed by atoms with Gasteiger partial charge in [-0.25, -0.2) is 0 Å². The Morgan fingerprint density at radius 3 is 2.63 bits per heavy atom. The summed E-state index contributed by atoms with van der Waals surface area (Å²) in [5.41, 5.74) is 1.53. The molecule has 0 amide bonds. The minimum absolute atomic E-state index is 0.777. The third kappa shape index (κ3) is 4.02. The van der Waals surface area contributed by atoms with Gasteiger partial charge in [-0.2, -0.15) is 0 Å². The first-order valence-electron chi connectivity index (χ1n) is 7.21. The number of piperidine rings is 1. The van der Waals surface area contributed by atoms with Crippen LogP contribution in [-0.4, -0.2) is 50.1 Å². The lowest BCUT2D eigenvalue weighted by Gasteiger charge is -2.35. The standard InChI is InChI=1S/C15H27N3S/c1-12-13(9-15(19-12)10-16-2)11-18-7-5-14(6-8-18)17(3)4/h9,14,16H,5-8,10-11H2,1-4H3. The predicted molar refractivity (Wildman–Crippen MR) is 83.8 cm³/mol. The molecule has 0 saturated carbocycles. The van der Waals surface area contributed by atoms with E-state index in [1.54, 1.807) is 0 Å². The normalized spacial score (nSPS) is 18.4. The molecule has 0 bridgehead atoms. The topological polar surface area (TPSA) is 18.5 Å². The fourth-order valence-corrected chi connectivity index (χ4v) is 3.91. The number of hydrogen-bond acceptors (Lipinski definition) is 4. The quantitative estimate of drug-likeness (QED) is 0.893. The number of rotatable bonds is 5. The minimum Gasteiger partial charge on any atom is -0.315 e. The van der Waals surface area contributed by atoms with E-state index >= 15 is 0 Å². The molecule has 4 heteroatoms. The second-order valence-corrected chi connectivity index (χ2v) is 7.14. The summed E-state index contributed by atoms with van der Waals surface area (Å²) in [5, 5.41) is 3.24. The number of nitrogens with zero attached hydrogens (tertiary/aromatic N) is 2. The summed E-state index contributed by atoms with van der Waals surface area (Å²) in [7, 11) is 6.42. The van der Waals surface area contributed by atoms with Gasteiger partial charge in [-0.3, -0.25) is 4.90 Å². The van der Waals surface area contributed by atoms with Crippen LogP contribution in [0.25, 0.3) is 0 Å². The number of aryl methyl sites for hydroxylation is 1. The minimum atomic E-state index is 0.777. The molecule has 2 heterocycles.